The number of unbranched alkanes of at least 4 members (excludes halogenated alkanes) is 4. The normalized spacial score (nSPS) is 10.6. The molecule has 2 nitrogen and oxygen atoms in total. The lowest BCUT2D eigenvalue weighted by Gasteiger charge is -2.04. The minimum absolute atomic E-state index is 0.942. The molecule has 0 N–H and O–H groups in total. The minimum Gasteiger partial charge on any atom is -0.261 e. The van der Waals surface area contributed by atoms with Crippen LogP contribution in [0, 0.1) is 0 Å². The first kappa shape index (κ1) is 13.7. The fourth-order valence-electron chi connectivity index (χ4n) is 2.22. The molecule has 2 rings (SSSR count). The van der Waals surface area contributed by atoms with E-state index in [2.05, 4.69) is 41.2 Å². The number of hydrogen-bond acceptors (Lipinski definition) is 2. The van der Waals surface area contributed by atoms with Crippen molar-refractivity contribution < 1.29 is 0 Å². The van der Waals surface area contributed by atoms with Gasteiger partial charge in [-0.1, -0.05) is 56.9 Å². The van der Waals surface area contributed by atoms with Crippen molar-refractivity contribution in [2.45, 2.75) is 45.4 Å². The quantitative estimate of drug-likeness (QED) is 0.672. The van der Waals surface area contributed by atoms with Crippen molar-refractivity contribution in [2.24, 2.45) is 0 Å². The highest BCUT2D eigenvalue weighted by atomic mass is 14.8. The molecule has 0 saturated heterocycles. The molecule has 2 aromatic rings. The van der Waals surface area contributed by atoms with E-state index in [1.165, 1.54) is 44.1 Å². The Morgan fingerprint density at radius 2 is 1.68 bits per heavy atom. The molecule has 2 heteroatoms. The van der Waals surface area contributed by atoms with Gasteiger partial charge in [0, 0.05) is 18.0 Å². The summed E-state index contributed by atoms with van der Waals surface area (Å²) in [5, 5.41) is 0. The van der Waals surface area contributed by atoms with Crippen molar-refractivity contribution in [1.29, 1.82) is 0 Å². The molecule has 0 unspecified atom stereocenters. The lowest BCUT2D eigenvalue weighted by molar-refractivity contribution is 0.632. The van der Waals surface area contributed by atoms with Gasteiger partial charge < -0.3 is 0 Å². The summed E-state index contributed by atoms with van der Waals surface area (Å²) in [5.41, 5.74) is 3.50. The lowest BCUT2D eigenvalue weighted by Crippen LogP contribution is -1.88. The van der Waals surface area contributed by atoms with Crippen LogP contribution >= 0.6 is 0 Å². The summed E-state index contributed by atoms with van der Waals surface area (Å²) >= 11 is 0. The first-order chi connectivity index (χ1) is 9.40. The third-order valence-corrected chi connectivity index (χ3v) is 3.38. The number of aryl methyl sites for hydroxylation is 1. The van der Waals surface area contributed by atoms with E-state index in [1.807, 2.05) is 0 Å². The fraction of sp³-hybridized carbons (Fsp3) is 0.412. The predicted octanol–water partition coefficient (Wildman–Crippen LogP) is 4.66. The van der Waals surface area contributed by atoms with Crippen molar-refractivity contribution in [3.63, 3.8) is 0 Å². The molecule has 0 radical (unpaired) electrons. The molecule has 100 valence electrons. The van der Waals surface area contributed by atoms with E-state index in [9.17, 15) is 0 Å². The summed E-state index contributed by atoms with van der Waals surface area (Å²) < 4.78 is 0. The van der Waals surface area contributed by atoms with E-state index in [4.69, 9.17) is 0 Å². The van der Waals surface area contributed by atoms with E-state index in [0.717, 1.165) is 11.3 Å². The standard InChI is InChI=1S/C17H22N2/c1-2-3-4-5-6-7-15-8-10-16(11-9-15)17-14-18-12-13-19-17/h8-14H,2-7H2,1H3. The van der Waals surface area contributed by atoms with Crippen LogP contribution < -0.4 is 0 Å². The van der Waals surface area contributed by atoms with Crippen LogP contribution in [-0.4, -0.2) is 9.97 Å². The zero-order valence-electron chi connectivity index (χ0n) is 11.7. The molecule has 1 aromatic heterocycles. The fourth-order valence-corrected chi connectivity index (χ4v) is 2.22. The third kappa shape index (κ3) is 4.47. The van der Waals surface area contributed by atoms with Crippen LogP contribution in [0.15, 0.2) is 42.9 Å². The second-order valence-electron chi connectivity index (χ2n) is 4.95. The summed E-state index contributed by atoms with van der Waals surface area (Å²) in [7, 11) is 0. The number of aromatic nitrogens is 2. The van der Waals surface area contributed by atoms with Crippen LogP contribution in [0.25, 0.3) is 11.3 Å². The molecule has 0 spiro atoms. The van der Waals surface area contributed by atoms with E-state index in [0.29, 0.717) is 0 Å². The van der Waals surface area contributed by atoms with Gasteiger partial charge in [-0.25, -0.2) is 0 Å². The van der Waals surface area contributed by atoms with Gasteiger partial charge in [0.15, 0.2) is 0 Å². The third-order valence-electron chi connectivity index (χ3n) is 3.38. The molecular weight excluding hydrogens is 232 g/mol. The maximum Gasteiger partial charge on any atom is 0.0885 e. The topological polar surface area (TPSA) is 25.8 Å². The van der Waals surface area contributed by atoms with E-state index in [-0.39, 0.29) is 0 Å². The number of hydrogen-bond donors (Lipinski definition) is 0. The summed E-state index contributed by atoms with van der Waals surface area (Å²) in [6, 6.07) is 8.71. The Hall–Kier alpha value is -1.70. The molecule has 0 saturated carbocycles. The van der Waals surface area contributed by atoms with Crippen LogP contribution in [0.2, 0.25) is 0 Å². The highest BCUT2D eigenvalue weighted by Gasteiger charge is 1.99. The molecule has 0 amide bonds. The lowest BCUT2D eigenvalue weighted by atomic mass is 10.0. The summed E-state index contributed by atoms with van der Waals surface area (Å²) in [6.07, 6.45) is 13.1. The highest BCUT2D eigenvalue weighted by molar-refractivity contribution is 5.58. The largest absolute Gasteiger partial charge is 0.261 e. The molecule has 0 fully saturated rings. The van der Waals surface area contributed by atoms with Gasteiger partial charge in [-0.05, 0) is 18.4 Å². The summed E-state index contributed by atoms with van der Waals surface area (Å²) in [5.74, 6) is 0. The average molecular weight is 254 g/mol. The van der Waals surface area contributed by atoms with E-state index >= 15 is 0 Å². The van der Waals surface area contributed by atoms with Gasteiger partial charge in [0.1, 0.15) is 0 Å². The maximum atomic E-state index is 4.31. The SMILES string of the molecule is CCCCCCCc1ccc(-c2cnccn2)cc1. The summed E-state index contributed by atoms with van der Waals surface area (Å²) in [4.78, 5) is 8.41. The zero-order valence-corrected chi connectivity index (χ0v) is 11.7. The van der Waals surface area contributed by atoms with E-state index < -0.39 is 0 Å². The first-order valence-corrected chi connectivity index (χ1v) is 7.25. The molecule has 1 aromatic carbocycles. The Bertz CT molecular complexity index is 462. The molecule has 0 aliphatic rings. The minimum atomic E-state index is 0.942. The molecule has 0 bridgehead atoms. The van der Waals surface area contributed by atoms with Crippen LogP contribution in [0.3, 0.4) is 0 Å². The Labute approximate surface area is 115 Å². The second-order valence-corrected chi connectivity index (χ2v) is 4.95. The van der Waals surface area contributed by atoms with Crippen molar-refractivity contribution in [3.05, 3.63) is 48.4 Å². The molecule has 19 heavy (non-hydrogen) atoms. The van der Waals surface area contributed by atoms with Gasteiger partial charge in [-0.15, -0.1) is 0 Å². The van der Waals surface area contributed by atoms with Gasteiger partial charge >= 0.3 is 0 Å². The summed E-state index contributed by atoms with van der Waals surface area (Å²) in [6.45, 7) is 2.26. The van der Waals surface area contributed by atoms with Crippen molar-refractivity contribution in [3.8, 4) is 11.3 Å². The molecular formula is C17H22N2. The number of nitrogens with zero attached hydrogens (tertiary/aromatic N) is 2. The van der Waals surface area contributed by atoms with E-state index in [1.54, 1.807) is 18.6 Å². The average Bonchev–Trinajstić information content (AvgIpc) is 2.49. The Balaban J connectivity index is 1.85. The van der Waals surface area contributed by atoms with Gasteiger partial charge in [0.05, 0.1) is 11.9 Å². The predicted molar refractivity (Wildman–Crippen MR) is 79.9 cm³/mol. The van der Waals surface area contributed by atoms with Crippen molar-refractivity contribution in [1.82, 2.24) is 9.97 Å². The van der Waals surface area contributed by atoms with Gasteiger partial charge in [0.2, 0.25) is 0 Å². The van der Waals surface area contributed by atoms with Crippen LogP contribution in [-0.2, 0) is 6.42 Å². The van der Waals surface area contributed by atoms with Gasteiger partial charge in [-0.2, -0.15) is 0 Å². The zero-order chi connectivity index (χ0) is 13.3. The smallest absolute Gasteiger partial charge is 0.0885 e. The number of benzene rings is 1. The van der Waals surface area contributed by atoms with Gasteiger partial charge in [-0.3, -0.25) is 9.97 Å². The molecule has 0 aliphatic carbocycles. The number of rotatable bonds is 7. The Kier molecular flexibility index (Phi) is 5.54. The van der Waals surface area contributed by atoms with Crippen molar-refractivity contribution >= 4 is 0 Å². The Morgan fingerprint density at radius 1 is 0.895 bits per heavy atom. The van der Waals surface area contributed by atoms with Crippen LogP contribution in [0.1, 0.15) is 44.6 Å². The second kappa shape index (κ2) is 7.67. The monoisotopic (exact) mass is 254 g/mol. The van der Waals surface area contributed by atoms with Crippen LogP contribution in [0.4, 0.5) is 0 Å². The van der Waals surface area contributed by atoms with Crippen molar-refractivity contribution in [2.75, 3.05) is 0 Å². The first-order valence-electron chi connectivity index (χ1n) is 7.25. The maximum absolute atomic E-state index is 4.31. The van der Waals surface area contributed by atoms with Gasteiger partial charge in [0.25, 0.3) is 0 Å². The molecule has 1 heterocycles. The molecule has 0 aliphatic heterocycles. The molecule has 0 atom stereocenters. The Morgan fingerprint density at radius 3 is 2.37 bits per heavy atom. The highest BCUT2D eigenvalue weighted by Crippen LogP contribution is 2.17. The van der Waals surface area contributed by atoms with Crippen LogP contribution in [0.5, 0.6) is 0 Å².